The number of piperazine rings is 1. The van der Waals surface area contributed by atoms with Crippen LogP contribution in [0.4, 0.5) is 5.69 Å². The number of nitrogens with zero attached hydrogens (tertiary/aromatic N) is 2. The molecular weight excluding hydrogens is 416 g/mol. The zero-order valence-electron chi connectivity index (χ0n) is 18.9. The first-order valence-electron chi connectivity index (χ1n) is 11.3. The van der Waals surface area contributed by atoms with Crippen LogP contribution in [0.25, 0.3) is 0 Å². The van der Waals surface area contributed by atoms with Crippen molar-refractivity contribution in [1.29, 1.82) is 0 Å². The maximum atomic E-state index is 13.2. The second kappa shape index (κ2) is 10.8. The van der Waals surface area contributed by atoms with Crippen molar-refractivity contribution in [2.24, 2.45) is 0 Å². The van der Waals surface area contributed by atoms with Gasteiger partial charge in [-0.1, -0.05) is 48.5 Å². The van der Waals surface area contributed by atoms with E-state index in [1.165, 1.54) is 6.26 Å². The Morgan fingerprint density at radius 2 is 1.67 bits per heavy atom. The summed E-state index contributed by atoms with van der Waals surface area (Å²) in [6, 6.07) is 20.3. The molecule has 1 atom stereocenters. The van der Waals surface area contributed by atoms with Gasteiger partial charge in [0, 0.05) is 44.8 Å². The number of furan rings is 1. The Morgan fingerprint density at radius 3 is 2.39 bits per heavy atom. The number of nitrogens with one attached hydrogen (secondary N) is 2. The van der Waals surface area contributed by atoms with E-state index in [1.807, 2.05) is 48.5 Å². The normalized spacial score (nSPS) is 15.1. The lowest BCUT2D eigenvalue weighted by Gasteiger charge is -2.35. The van der Waals surface area contributed by atoms with Crippen molar-refractivity contribution < 1.29 is 14.0 Å². The average molecular weight is 447 g/mol. The monoisotopic (exact) mass is 446 g/mol. The van der Waals surface area contributed by atoms with E-state index >= 15 is 0 Å². The van der Waals surface area contributed by atoms with Crippen molar-refractivity contribution in [3.05, 3.63) is 89.9 Å². The third-order valence-electron chi connectivity index (χ3n) is 5.94. The second-order valence-electron chi connectivity index (χ2n) is 8.33. The summed E-state index contributed by atoms with van der Waals surface area (Å²) >= 11 is 0. The van der Waals surface area contributed by atoms with Crippen LogP contribution in [-0.4, -0.2) is 56.0 Å². The first-order chi connectivity index (χ1) is 16.1. The third kappa shape index (κ3) is 6.02. The Hall–Kier alpha value is -3.58. The largest absolute Gasteiger partial charge is 0.459 e. The number of likely N-dealkylation sites (N-methyl/N-ethyl adjacent to an activating group) is 1. The van der Waals surface area contributed by atoms with Gasteiger partial charge in [0.2, 0.25) is 5.91 Å². The topological polar surface area (TPSA) is 77.8 Å². The Morgan fingerprint density at radius 1 is 0.939 bits per heavy atom. The molecule has 2 amide bonds. The van der Waals surface area contributed by atoms with Crippen LogP contribution in [0.5, 0.6) is 0 Å². The lowest BCUT2D eigenvalue weighted by Crippen LogP contribution is -2.48. The molecule has 1 fully saturated rings. The maximum Gasteiger partial charge on any atom is 0.287 e. The van der Waals surface area contributed by atoms with E-state index in [0.717, 1.165) is 43.0 Å². The highest BCUT2D eigenvalue weighted by atomic mass is 16.3. The van der Waals surface area contributed by atoms with Gasteiger partial charge in [-0.2, -0.15) is 0 Å². The van der Waals surface area contributed by atoms with E-state index in [2.05, 4.69) is 33.5 Å². The molecule has 2 N–H and O–H groups in total. The summed E-state index contributed by atoms with van der Waals surface area (Å²) in [6.45, 7) is 4.33. The van der Waals surface area contributed by atoms with Crippen LogP contribution in [0.3, 0.4) is 0 Å². The van der Waals surface area contributed by atoms with Crippen LogP contribution in [0.2, 0.25) is 0 Å². The molecule has 0 bridgehead atoms. The molecule has 1 aliphatic rings. The zero-order valence-corrected chi connectivity index (χ0v) is 18.9. The van der Waals surface area contributed by atoms with Gasteiger partial charge in [-0.15, -0.1) is 0 Å². The highest BCUT2D eigenvalue weighted by molar-refractivity contribution is 5.95. The molecule has 0 radical (unpaired) electrons. The Balaban J connectivity index is 1.45. The molecule has 2 aromatic carbocycles. The molecule has 0 saturated carbocycles. The van der Waals surface area contributed by atoms with Gasteiger partial charge in [-0.25, -0.2) is 0 Å². The van der Waals surface area contributed by atoms with Gasteiger partial charge >= 0.3 is 0 Å². The van der Waals surface area contributed by atoms with E-state index < -0.39 is 11.9 Å². The summed E-state index contributed by atoms with van der Waals surface area (Å²) in [4.78, 5) is 30.4. The number of carbonyl (C=O) groups excluding carboxylic acids is 2. The predicted molar refractivity (Wildman–Crippen MR) is 128 cm³/mol. The highest BCUT2D eigenvalue weighted by Crippen LogP contribution is 2.21. The molecule has 4 rings (SSSR count). The lowest BCUT2D eigenvalue weighted by atomic mass is 10.0. The Kier molecular flexibility index (Phi) is 7.42. The molecule has 2 heterocycles. The van der Waals surface area contributed by atoms with Crippen LogP contribution in [0.15, 0.2) is 77.4 Å². The van der Waals surface area contributed by atoms with Crippen LogP contribution < -0.4 is 15.5 Å². The SMILES string of the molecule is CN1CCN(c2ccccc2CNC(=O)C(Cc2ccccc2)NC(=O)c2ccco2)CC1. The standard InChI is InChI=1S/C26H30N4O3/c1-29-13-15-30(16-14-29)23-11-6-5-10-21(23)19-27-25(31)22(18-20-8-3-2-4-9-20)28-26(32)24-12-7-17-33-24/h2-12,17,22H,13-16,18-19H2,1H3,(H,27,31)(H,28,32). The summed E-state index contributed by atoms with van der Waals surface area (Å²) in [5, 5.41) is 5.86. The summed E-state index contributed by atoms with van der Waals surface area (Å²) in [5.41, 5.74) is 3.17. The quantitative estimate of drug-likeness (QED) is 0.556. The van der Waals surface area contributed by atoms with Crippen molar-refractivity contribution >= 4 is 17.5 Å². The van der Waals surface area contributed by atoms with Gasteiger partial charge in [0.1, 0.15) is 6.04 Å². The van der Waals surface area contributed by atoms with Gasteiger partial charge < -0.3 is 24.9 Å². The molecule has 1 unspecified atom stereocenters. The highest BCUT2D eigenvalue weighted by Gasteiger charge is 2.24. The van der Waals surface area contributed by atoms with E-state index in [0.29, 0.717) is 13.0 Å². The predicted octanol–water partition coefficient (Wildman–Crippen LogP) is 2.69. The van der Waals surface area contributed by atoms with Crippen LogP contribution in [0, 0.1) is 0 Å². The smallest absolute Gasteiger partial charge is 0.287 e. The van der Waals surface area contributed by atoms with E-state index in [9.17, 15) is 9.59 Å². The first-order valence-corrected chi connectivity index (χ1v) is 11.3. The molecule has 1 aromatic heterocycles. The minimum atomic E-state index is -0.721. The molecule has 172 valence electrons. The fourth-order valence-electron chi connectivity index (χ4n) is 4.02. The van der Waals surface area contributed by atoms with Crippen LogP contribution in [-0.2, 0) is 17.8 Å². The first kappa shape index (κ1) is 22.6. The van der Waals surface area contributed by atoms with Crippen molar-refractivity contribution in [3.63, 3.8) is 0 Å². The number of amides is 2. The summed E-state index contributed by atoms with van der Waals surface area (Å²) in [5.74, 6) is -0.456. The third-order valence-corrected chi connectivity index (χ3v) is 5.94. The Labute approximate surface area is 194 Å². The van der Waals surface area contributed by atoms with Gasteiger partial charge in [0.15, 0.2) is 5.76 Å². The van der Waals surface area contributed by atoms with E-state index in [-0.39, 0.29) is 11.7 Å². The fourth-order valence-corrected chi connectivity index (χ4v) is 4.02. The van der Waals surface area contributed by atoms with Gasteiger partial charge in [-0.3, -0.25) is 9.59 Å². The fraction of sp³-hybridized carbons (Fsp3) is 0.308. The number of hydrogen-bond acceptors (Lipinski definition) is 5. The van der Waals surface area contributed by atoms with Crippen molar-refractivity contribution in [1.82, 2.24) is 15.5 Å². The lowest BCUT2D eigenvalue weighted by molar-refractivity contribution is -0.123. The summed E-state index contributed by atoms with van der Waals surface area (Å²) < 4.78 is 5.19. The number of para-hydroxylation sites is 1. The molecule has 0 aliphatic carbocycles. The minimum absolute atomic E-state index is 0.182. The van der Waals surface area contributed by atoms with E-state index in [1.54, 1.807) is 12.1 Å². The summed E-state index contributed by atoms with van der Waals surface area (Å²) in [6.07, 6.45) is 1.83. The number of carbonyl (C=O) groups is 2. The molecule has 1 aliphatic heterocycles. The van der Waals surface area contributed by atoms with Gasteiger partial charge in [0.05, 0.1) is 6.26 Å². The van der Waals surface area contributed by atoms with Crippen LogP contribution >= 0.6 is 0 Å². The second-order valence-corrected chi connectivity index (χ2v) is 8.33. The average Bonchev–Trinajstić information content (AvgIpc) is 3.39. The number of hydrogen-bond donors (Lipinski definition) is 2. The van der Waals surface area contributed by atoms with Crippen molar-refractivity contribution in [2.45, 2.75) is 19.0 Å². The van der Waals surface area contributed by atoms with E-state index in [4.69, 9.17) is 4.42 Å². The number of rotatable bonds is 8. The summed E-state index contributed by atoms with van der Waals surface area (Å²) in [7, 11) is 2.13. The zero-order chi connectivity index (χ0) is 23.0. The Bertz CT molecular complexity index is 1040. The molecule has 33 heavy (non-hydrogen) atoms. The number of benzene rings is 2. The van der Waals surface area contributed by atoms with Crippen molar-refractivity contribution in [3.8, 4) is 0 Å². The molecule has 3 aromatic rings. The van der Waals surface area contributed by atoms with Gasteiger partial charge in [0.25, 0.3) is 5.91 Å². The molecule has 7 heteroatoms. The van der Waals surface area contributed by atoms with Crippen LogP contribution in [0.1, 0.15) is 21.7 Å². The molecule has 1 saturated heterocycles. The minimum Gasteiger partial charge on any atom is -0.459 e. The van der Waals surface area contributed by atoms with Gasteiger partial charge in [-0.05, 0) is 36.4 Å². The van der Waals surface area contributed by atoms with Crippen molar-refractivity contribution in [2.75, 3.05) is 38.1 Å². The molecular formula is C26H30N4O3. The molecule has 0 spiro atoms. The maximum absolute atomic E-state index is 13.2. The number of anilines is 1. The molecule has 7 nitrogen and oxygen atoms in total.